The van der Waals surface area contributed by atoms with Crippen LogP contribution in [0.4, 0.5) is 20.6 Å². The van der Waals surface area contributed by atoms with Gasteiger partial charge in [0.15, 0.2) is 6.10 Å². The van der Waals surface area contributed by atoms with Crippen molar-refractivity contribution in [3.63, 3.8) is 0 Å². The molecule has 2 saturated heterocycles. The molecule has 0 saturated carbocycles. The minimum Gasteiger partial charge on any atom is -0.462 e. The number of ether oxygens (including phenoxy) is 2. The Bertz CT molecular complexity index is 695. The van der Waals surface area contributed by atoms with Gasteiger partial charge in [-0.3, -0.25) is 9.69 Å². The third kappa shape index (κ3) is 5.31. The van der Waals surface area contributed by atoms with Crippen LogP contribution < -0.4 is 9.80 Å². The molecule has 0 spiro atoms. The van der Waals surface area contributed by atoms with Crippen LogP contribution in [0, 0.1) is 5.82 Å². The van der Waals surface area contributed by atoms with Gasteiger partial charge < -0.3 is 14.4 Å². The molecule has 1 aromatic carbocycles. The molecule has 1 amide bonds. The van der Waals surface area contributed by atoms with Crippen molar-refractivity contribution in [2.45, 2.75) is 38.7 Å². The zero-order valence-electron chi connectivity index (χ0n) is 16.2. The third-order valence-electron chi connectivity index (χ3n) is 4.78. The molecule has 6 nitrogen and oxygen atoms in total. The molecule has 1 atom stereocenters. The Hall–Kier alpha value is -1.96. The quantitative estimate of drug-likeness (QED) is 0.665. The lowest BCUT2D eigenvalue weighted by atomic mass is 10.2. The van der Waals surface area contributed by atoms with Crippen LogP contribution in [0.5, 0.6) is 0 Å². The molecule has 154 valence electrons. The maximum atomic E-state index is 14.8. The summed E-state index contributed by atoms with van der Waals surface area (Å²) in [5.41, 5.74) is 1.03. The van der Waals surface area contributed by atoms with E-state index in [-0.39, 0.29) is 24.9 Å². The first kappa shape index (κ1) is 20.8. The molecule has 2 aliphatic rings. The molecule has 0 unspecified atom stereocenters. The predicted octanol–water partition coefficient (Wildman–Crippen LogP) is 3.83. The summed E-state index contributed by atoms with van der Waals surface area (Å²) in [5.74, 6) is 1.55. The molecule has 2 fully saturated rings. The van der Waals surface area contributed by atoms with Gasteiger partial charge in [0.2, 0.25) is 0 Å². The molecule has 1 aromatic rings. The van der Waals surface area contributed by atoms with Gasteiger partial charge >= 0.3 is 12.1 Å². The van der Waals surface area contributed by atoms with E-state index >= 15 is 0 Å². The zero-order chi connectivity index (χ0) is 19.9. The molecule has 0 aliphatic carbocycles. The minimum atomic E-state index is -0.549. The summed E-state index contributed by atoms with van der Waals surface area (Å²) in [7, 11) is 0. The smallest absolute Gasteiger partial charge is 0.414 e. The van der Waals surface area contributed by atoms with Crippen molar-refractivity contribution in [1.82, 2.24) is 0 Å². The van der Waals surface area contributed by atoms with Crippen LogP contribution in [0.25, 0.3) is 0 Å². The lowest BCUT2D eigenvalue weighted by Gasteiger charge is -2.27. The van der Waals surface area contributed by atoms with Crippen LogP contribution in [0.3, 0.4) is 0 Å². The second kappa shape index (κ2) is 10.0. The first-order valence-electron chi connectivity index (χ1n) is 9.84. The maximum Gasteiger partial charge on any atom is 0.414 e. The van der Waals surface area contributed by atoms with Gasteiger partial charge in [-0.05, 0) is 49.0 Å². The number of hydrogen-bond donors (Lipinski definition) is 0. The molecule has 2 aliphatic heterocycles. The summed E-state index contributed by atoms with van der Waals surface area (Å²) < 4.78 is 25.2. The van der Waals surface area contributed by atoms with Crippen molar-refractivity contribution in [3.8, 4) is 0 Å². The number of rotatable bonds is 6. The normalized spacial score (nSPS) is 20.5. The van der Waals surface area contributed by atoms with Gasteiger partial charge in [-0.25, -0.2) is 9.18 Å². The summed E-state index contributed by atoms with van der Waals surface area (Å²) >= 11 is 1.95. The van der Waals surface area contributed by atoms with Crippen LogP contribution in [0.2, 0.25) is 0 Å². The van der Waals surface area contributed by atoms with E-state index in [1.807, 2.05) is 18.7 Å². The van der Waals surface area contributed by atoms with E-state index in [9.17, 15) is 14.0 Å². The Kier molecular flexibility index (Phi) is 7.42. The number of carbonyl (C=O) groups excluding carboxylic acids is 2. The average molecular weight is 411 g/mol. The topological polar surface area (TPSA) is 59.1 Å². The summed E-state index contributed by atoms with van der Waals surface area (Å²) in [6, 6.07) is 4.87. The molecular formula is C20H27FN2O4S. The van der Waals surface area contributed by atoms with Crippen LogP contribution >= 0.6 is 11.8 Å². The van der Waals surface area contributed by atoms with Gasteiger partial charge in [-0.1, -0.05) is 6.92 Å². The van der Waals surface area contributed by atoms with E-state index in [1.165, 1.54) is 11.0 Å². The Morgan fingerprint density at radius 2 is 2.07 bits per heavy atom. The highest BCUT2D eigenvalue weighted by molar-refractivity contribution is 7.99. The molecule has 0 aromatic heterocycles. The third-order valence-corrected chi connectivity index (χ3v) is 5.93. The fourth-order valence-corrected chi connectivity index (χ4v) is 4.24. The number of benzene rings is 1. The van der Waals surface area contributed by atoms with E-state index in [4.69, 9.17) is 9.47 Å². The van der Waals surface area contributed by atoms with Crippen LogP contribution in [0.15, 0.2) is 18.2 Å². The molecule has 8 heteroatoms. The Labute approximate surface area is 169 Å². The van der Waals surface area contributed by atoms with Gasteiger partial charge in [0, 0.05) is 19.5 Å². The molecule has 0 radical (unpaired) electrons. The summed E-state index contributed by atoms with van der Waals surface area (Å²) in [6.07, 6.45) is 2.02. The van der Waals surface area contributed by atoms with E-state index in [0.29, 0.717) is 24.2 Å². The van der Waals surface area contributed by atoms with Crippen molar-refractivity contribution in [3.05, 3.63) is 24.0 Å². The fraction of sp³-hybridized carbons (Fsp3) is 0.600. The van der Waals surface area contributed by atoms with Gasteiger partial charge in [0.25, 0.3) is 0 Å². The zero-order valence-corrected chi connectivity index (χ0v) is 17.0. The standard InChI is InChI=1S/C20H27FN2O4S/c1-2-5-19(24)26-14-16-13-23(20(25)27-16)15-6-7-18(17(21)12-15)22-8-3-10-28-11-4-9-22/h6-7,12,16H,2-5,8-11,13-14H2,1H3/t16-/m1/s1. The second-order valence-electron chi connectivity index (χ2n) is 6.99. The maximum absolute atomic E-state index is 14.8. The second-order valence-corrected chi connectivity index (χ2v) is 8.22. The number of thioether (sulfide) groups is 1. The number of amides is 1. The van der Waals surface area contributed by atoms with Gasteiger partial charge in [0.1, 0.15) is 12.4 Å². The lowest BCUT2D eigenvalue weighted by molar-refractivity contribution is -0.146. The number of esters is 1. The molecule has 0 bridgehead atoms. The highest BCUT2D eigenvalue weighted by atomic mass is 32.2. The largest absolute Gasteiger partial charge is 0.462 e. The van der Waals surface area contributed by atoms with Gasteiger partial charge in [-0.2, -0.15) is 11.8 Å². The van der Waals surface area contributed by atoms with E-state index in [1.54, 1.807) is 12.1 Å². The highest BCUT2D eigenvalue weighted by Crippen LogP contribution is 2.29. The average Bonchev–Trinajstić information content (AvgIpc) is 3.01. The van der Waals surface area contributed by atoms with Crippen LogP contribution in [-0.4, -0.2) is 55.9 Å². The number of nitrogens with zero attached hydrogens (tertiary/aromatic N) is 2. The minimum absolute atomic E-state index is 0.0213. The summed E-state index contributed by atoms with van der Waals surface area (Å²) in [5, 5.41) is 0. The van der Waals surface area contributed by atoms with E-state index < -0.39 is 12.2 Å². The first-order valence-corrected chi connectivity index (χ1v) is 11.0. The number of hydrogen-bond acceptors (Lipinski definition) is 6. The van der Waals surface area contributed by atoms with E-state index in [0.717, 1.165) is 37.4 Å². The number of halogens is 1. The fourth-order valence-electron chi connectivity index (χ4n) is 3.37. The van der Waals surface area contributed by atoms with Crippen LogP contribution in [0.1, 0.15) is 32.6 Å². The van der Waals surface area contributed by atoms with Crippen molar-refractivity contribution in [1.29, 1.82) is 0 Å². The van der Waals surface area contributed by atoms with Gasteiger partial charge in [0.05, 0.1) is 17.9 Å². The van der Waals surface area contributed by atoms with Crippen molar-refractivity contribution in [2.75, 3.05) is 47.5 Å². The number of anilines is 2. The Balaban J connectivity index is 1.62. The lowest BCUT2D eigenvalue weighted by Crippen LogP contribution is -2.29. The number of carbonyl (C=O) groups is 2. The van der Waals surface area contributed by atoms with Crippen molar-refractivity contribution in [2.24, 2.45) is 0 Å². The van der Waals surface area contributed by atoms with E-state index in [2.05, 4.69) is 4.90 Å². The molecule has 28 heavy (non-hydrogen) atoms. The number of cyclic esters (lactones) is 1. The molecular weight excluding hydrogens is 383 g/mol. The monoisotopic (exact) mass is 410 g/mol. The SMILES string of the molecule is CCCC(=O)OC[C@H]1CN(c2ccc(N3CCCSCCC3)c(F)c2)C(=O)O1. The molecule has 3 rings (SSSR count). The molecule has 2 heterocycles. The predicted molar refractivity (Wildman–Crippen MR) is 109 cm³/mol. The van der Waals surface area contributed by atoms with Gasteiger partial charge in [-0.15, -0.1) is 0 Å². The highest BCUT2D eigenvalue weighted by Gasteiger charge is 2.33. The molecule has 0 N–H and O–H groups in total. The Morgan fingerprint density at radius 1 is 1.32 bits per heavy atom. The van der Waals surface area contributed by atoms with Crippen LogP contribution in [-0.2, 0) is 14.3 Å². The Morgan fingerprint density at radius 3 is 2.75 bits per heavy atom. The first-order chi connectivity index (χ1) is 13.6. The summed E-state index contributed by atoms with van der Waals surface area (Å²) in [4.78, 5) is 27.1. The van der Waals surface area contributed by atoms with Crippen molar-refractivity contribution < 1.29 is 23.5 Å². The van der Waals surface area contributed by atoms with Crippen molar-refractivity contribution >= 4 is 35.2 Å². The summed E-state index contributed by atoms with van der Waals surface area (Å²) in [6.45, 7) is 3.81.